The number of rotatable bonds is 5. The average Bonchev–Trinajstić information content (AvgIpc) is 2.98. The Morgan fingerprint density at radius 2 is 2.05 bits per heavy atom. The first-order valence-electron chi connectivity index (χ1n) is 7.10. The number of amides is 2. The fourth-order valence-corrected chi connectivity index (χ4v) is 2.39. The molecule has 2 rings (SSSR count). The number of likely N-dealkylation sites (tertiary alicyclic amines) is 1. The number of hydrogen-bond acceptors (Lipinski definition) is 3. The summed E-state index contributed by atoms with van der Waals surface area (Å²) in [6.45, 7) is 4.17. The van der Waals surface area contributed by atoms with Crippen molar-refractivity contribution >= 4 is 11.8 Å². The molecule has 5 heteroatoms. The molecule has 20 heavy (non-hydrogen) atoms. The van der Waals surface area contributed by atoms with E-state index in [1.54, 1.807) is 11.1 Å². The lowest BCUT2D eigenvalue weighted by Crippen LogP contribution is -2.35. The van der Waals surface area contributed by atoms with Crippen molar-refractivity contribution in [2.45, 2.75) is 32.7 Å². The standard InChI is InChI=1S/C15H21N3O2/c1-13(19)18(12-14-6-2-3-8-16-14)11-7-15(20)17-9-4-5-10-17/h2-3,6,8H,4-5,7,9-12H2,1H3. The molecule has 108 valence electrons. The number of carbonyl (C=O) groups is 2. The van der Waals surface area contributed by atoms with Crippen LogP contribution in [0.4, 0.5) is 0 Å². The second-order valence-electron chi connectivity index (χ2n) is 5.10. The Bertz CT molecular complexity index is 455. The summed E-state index contributed by atoms with van der Waals surface area (Å²) in [5, 5.41) is 0. The van der Waals surface area contributed by atoms with Crippen LogP contribution in [-0.2, 0) is 16.1 Å². The zero-order valence-corrected chi connectivity index (χ0v) is 11.9. The molecular weight excluding hydrogens is 254 g/mol. The fraction of sp³-hybridized carbons (Fsp3) is 0.533. The van der Waals surface area contributed by atoms with Gasteiger partial charge < -0.3 is 9.80 Å². The monoisotopic (exact) mass is 275 g/mol. The number of carbonyl (C=O) groups excluding carboxylic acids is 2. The molecule has 0 bridgehead atoms. The summed E-state index contributed by atoms with van der Waals surface area (Å²) < 4.78 is 0. The first kappa shape index (κ1) is 14.5. The van der Waals surface area contributed by atoms with Crippen LogP contribution >= 0.6 is 0 Å². The minimum Gasteiger partial charge on any atom is -0.343 e. The highest BCUT2D eigenvalue weighted by Crippen LogP contribution is 2.10. The summed E-state index contributed by atoms with van der Waals surface area (Å²) >= 11 is 0. The molecule has 2 amide bonds. The SMILES string of the molecule is CC(=O)N(CCC(=O)N1CCCC1)Cc1ccccn1. The van der Waals surface area contributed by atoms with E-state index in [2.05, 4.69) is 4.98 Å². The largest absolute Gasteiger partial charge is 0.343 e. The van der Waals surface area contributed by atoms with Crippen LogP contribution in [0.5, 0.6) is 0 Å². The van der Waals surface area contributed by atoms with Crippen molar-refractivity contribution < 1.29 is 9.59 Å². The van der Waals surface area contributed by atoms with Gasteiger partial charge in [-0.05, 0) is 25.0 Å². The Morgan fingerprint density at radius 3 is 2.65 bits per heavy atom. The van der Waals surface area contributed by atoms with Crippen LogP contribution in [0.25, 0.3) is 0 Å². The van der Waals surface area contributed by atoms with Crippen molar-refractivity contribution in [1.82, 2.24) is 14.8 Å². The molecule has 1 fully saturated rings. The average molecular weight is 275 g/mol. The van der Waals surface area contributed by atoms with E-state index in [1.165, 1.54) is 6.92 Å². The topological polar surface area (TPSA) is 53.5 Å². The molecule has 0 atom stereocenters. The number of pyridine rings is 1. The minimum absolute atomic E-state index is 0.0233. The third-order valence-electron chi connectivity index (χ3n) is 3.58. The third kappa shape index (κ3) is 4.05. The van der Waals surface area contributed by atoms with E-state index in [0.29, 0.717) is 19.5 Å². The molecule has 0 N–H and O–H groups in total. The normalized spacial score (nSPS) is 14.3. The zero-order valence-electron chi connectivity index (χ0n) is 11.9. The predicted octanol–water partition coefficient (Wildman–Crippen LogP) is 1.44. The molecule has 1 aliphatic rings. The number of nitrogens with zero attached hydrogens (tertiary/aromatic N) is 3. The molecule has 1 aliphatic heterocycles. The molecule has 1 aromatic rings. The van der Waals surface area contributed by atoms with Crippen LogP contribution < -0.4 is 0 Å². The fourth-order valence-electron chi connectivity index (χ4n) is 2.39. The van der Waals surface area contributed by atoms with Crippen molar-refractivity contribution in [3.8, 4) is 0 Å². The summed E-state index contributed by atoms with van der Waals surface area (Å²) in [4.78, 5) is 31.4. The molecule has 2 heterocycles. The lowest BCUT2D eigenvalue weighted by atomic mass is 10.3. The highest BCUT2D eigenvalue weighted by molar-refractivity contribution is 5.78. The third-order valence-corrected chi connectivity index (χ3v) is 3.58. The van der Waals surface area contributed by atoms with E-state index in [0.717, 1.165) is 31.6 Å². The second-order valence-corrected chi connectivity index (χ2v) is 5.10. The van der Waals surface area contributed by atoms with Gasteiger partial charge in [0.25, 0.3) is 0 Å². The molecule has 1 aromatic heterocycles. The quantitative estimate of drug-likeness (QED) is 0.817. The van der Waals surface area contributed by atoms with Gasteiger partial charge in [0.05, 0.1) is 12.2 Å². The molecule has 1 saturated heterocycles. The van der Waals surface area contributed by atoms with E-state index in [4.69, 9.17) is 0 Å². The zero-order chi connectivity index (χ0) is 14.4. The Labute approximate surface area is 119 Å². The van der Waals surface area contributed by atoms with E-state index in [1.807, 2.05) is 23.1 Å². The van der Waals surface area contributed by atoms with Crippen molar-refractivity contribution in [3.63, 3.8) is 0 Å². The van der Waals surface area contributed by atoms with E-state index < -0.39 is 0 Å². The van der Waals surface area contributed by atoms with E-state index in [-0.39, 0.29) is 11.8 Å². The van der Waals surface area contributed by atoms with Crippen molar-refractivity contribution in [1.29, 1.82) is 0 Å². The van der Waals surface area contributed by atoms with Gasteiger partial charge in [0.2, 0.25) is 11.8 Å². The minimum atomic E-state index is -0.0233. The molecule has 0 aromatic carbocycles. The van der Waals surface area contributed by atoms with Crippen LogP contribution in [0.2, 0.25) is 0 Å². The van der Waals surface area contributed by atoms with Gasteiger partial charge in [-0.15, -0.1) is 0 Å². The Hall–Kier alpha value is -1.91. The molecular formula is C15H21N3O2. The summed E-state index contributed by atoms with van der Waals surface area (Å²) in [5.41, 5.74) is 0.844. The summed E-state index contributed by atoms with van der Waals surface area (Å²) in [6.07, 6.45) is 4.29. The maximum Gasteiger partial charge on any atom is 0.224 e. The summed E-state index contributed by atoms with van der Waals surface area (Å²) in [5.74, 6) is 0.125. The van der Waals surface area contributed by atoms with Crippen LogP contribution in [0.15, 0.2) is 24.4 Å². The molecule has 0 aliphatic carbocycles. The Balaban J connectivity index is 1.86. The van der Waals surface area contributed by atoms with Crippen molar-refractivity contribution in [3.05, 3.63) is 30.1 Å². The van der Waals surface area contributed by atoms with E-state index in [9.17, 15) is 9.59 Å². The maximum atomic E-state index is 12.0. The summed E-state index contributed by atoms with van der Waals surface area (Å²) in [7, 11) is 0. The lowest BCUT2D eigenvalue weighted by Gasteiger charge is -2.22. The highest BCUT2D eigenvalue weighted by Gasteiger charge is 2.19. The van der Waals surface area contributed by atoms with Crippen LogP contribution in [0.3, 0.4) is 0 Å². The van der Waals surface area contributed by atoms with Crippen molar-refractivity contribution in [2.75, 3.05) is 19.6 Å². The van der Waals surface area contributed by atoms with E-state index >= 15 is 0 Å². The lowest BCUT2D eigenvalue weighted by molar-refractivity contribution is -0.133. The molecule has 0 saturated carbocycles. The molecule has 0 radical (unpaired) electrons. The van der Waals surface area contributed by atoms with Gasteiger partial charge in [-0.1, -0.05) is 6.07 Å². The predicted molar refractivity (Wildman–Crippen MR) is 75.8 cm³/mol. The first-order valence-corrected chi connectivity index (χ1v) is 7.10. The van der Waals surface area contributed by atoms with Gasteiger partial charge >= 0.3 is 0 Å². The Kier molecular flexibility index (Phi) is 5.09. The highest BCUT2D eigenvalue weighted by atomic mass is 16.2. The van der Waals surface area contributed by atoms with Crippen LogP contribution in [-0.4, -0.2) is 46.2 Å². The van der Waals surface area contributed by atoms with Gasteiger partial charge in [0, 0.05) is 39.2 Å². The number of hydrogen-bond donors (Lipinski definition) is 0. The summed E-state index contributed by atoms with van der Waals surface area (Å²) in [6, 6.07) is 5.63. The number of aromatic nitrogens is 1. The van der Waals surface area contributed by atoms with Gasteiger partial charge in [-0.25, -0.2) is 0 Å². The smallest absolute Gasteiger partial charge is 0.224 e. The molecule has 0 unspecified atom stereocenters. The van der Waals surface area contributed by atoms with Crippen LogP contribution in [0, 0.1) is 0 Å². The first-order chi connectivity index (χ1) is 9.66. The van der Waals surface area contributed by atoms with Gasteiger partial charge in [-0.2, -0.15) is 0 Å². The van der Waals surface area contributed by atoms with Crippen LogP contribution in [0.1, 0.15) is 31.9 Å². The van der Waals surface area contributed by atoms with Gasteiger partial charge in [0.15, 0.2) is 0 Å². The van der Waals surface area contributed by atoms with Crippen molar-refractivity contribution in [2.24, 2.45) is 0 Å². The maximum absolute atomic E-state index is 12.0. The van der Waals surface area contributed by atoms with Gasteiger partial charge in [0.1, 0.15) is 0 Å². The molecule has 0 spiro atoms. The second kappa shape index (κ2) is 7.03. The van der Waals surface area contributed by atoms with Gasteiger partial charge in [-0.3, -0.25) is 14.6 Å². The molecule has 5 nitrogen and oxygen atoms in total. The Morgan fingerprint density at radius 1 is 1.30 bits per heavy atom.